The van der Waals surface area contributed by atoms with E-state index < -0.39 is 6.04 Å². The molecule has 1 aromatic heterocycles. The van der Waals surface area contributed by atoms with Crippen LogP contribution in [0, 0.1) is 12.3 Å². The van der Waals surface area contributed by atoms with Gasteiger partial charge in [0.15, 0.2) is 5.78 Å². The SMILES string of the molecule is Cc1ccccc1NC(=O)N1c2ccccc2NC2=C(C(=O)CC(C)(C)C2)C1c1ccco1. The fourth-order valence-corrected chi connectivity index (χ4v) is 4.82. The summed E-state index contributed by atoms with van der Waals surface area (Å²) in [6.07, 6.45) is 2.69. The van der Waals surface area contributed by atoms with Crippen molar-refractivity contribution in [3.8, 4) is 0 Å². The number of hydrogen-bond acceptors (Lipinski definition) is 4. The second-order valence-electron chi connectivity index (χ2n) is 9.51. The summed E-state index contributed by atoms with van der Waals surface area (Å²) >= 11 is 0. The maximum absolute atomic E-state index is 13.9. The van der Waals surface area contributed by atoms with E-state index >= 15 is 0 Å². The van der Waals surface area contributed by atoms with Crippen LogP contribution in [-0.2, 0) is 4.79 Å². The van der Waals surface area contributed by atoms with E-state index in [0.717, 1.165) is 22.6 Å². The Kier molecular flexibility index (Phi) is 5.08. The van der Waals surface area contributed by atoms with E-state index in [-0.39, 0.29) is 17.2 Å². The van der Waals surface area contributed by atoms with Crippen molar-refractivity contribution in [3.63, 3.8) is 0 Å². The van der Waals surface area contributed by atoms with Gasteiger partial charge in [0.2, 0.25) is 0 Å². The molecule has 2 aliphatic rings. The lowest BCUT2D eigenvalue weighted by atomic mass is 9.74. The van der Waals surface area contributed by atoms with E-state index in [1.54, 1.807) is 17.2 Å². The van der Waals surface area contributed by atoms with Gasteiger partial charge in [-0.3, -0.25) is 9.69 Å². The second-order valence-corrected chi connectivity index (χ2v) is 9.51. The molecule has 2 heterocycles. The van der Waals surface area contributed by atoms with Gasteiger partial charge in [-0.05, 0) is 54.7 Å². The average Bonchev–Trinajstić information content (AvgIpc) is 3.24. The van der Waals surface area contributed by atoms with Crippen molar-refractivity contribution in [2.24, 2.45) is 5.41 Å². The molecule has 1 atom stereocenters. The number of fused-ring (bicyclic) bond motifs is 1. The topological polar surface area (TPSA) is 74.6 Å². The molecule has 2 amide bonds. The highest BCUT2D eigenvalue weighted by atomic mass is 16.3. The normalized spacial score (nSPS) is 19.3. The fraction of sp³-hybridized carbons (Fsp3) is 0.259. The van der Waals surface area contributed by atoms with Gasteiger partial charge >= 0.3 is 6.03 Å². The Morgan fingerprint density at radius 3 is 2.58 bits per heavy atom. The van der Waals surface area contributed by atoms with Crippen LogP contribution in [0.25, 0.3) is 0 Å². The standard InChI is InChI=1S/C27H27N3O3/c1-17-9-4-5-10-18(17)29-26(32)30-21-12-7-6-11-19(21)28-20-15-27(2,3)16-22(31)24(20)25(30)23-13-8-14-33-23/h4-14,25,28H,15-16H2,1-3H3,(H,29,32). The summed E-state index contributed by atoms with van der Waals surface area (Å²) in [6.45, 7) is 6.14. The zero-order chi connectivity index (χ0) is 23.2. The van der Waals surface area contributed by atoms with E-state index in [1.165, 1.54) is 0 Å². The summed E-state index contributed by atoms with van der Waals surface area (Å²) in [5.41, 5.74) is 4.40. The monoisotopic (exact) mass is 441 g/mol. The van der Waals surface area contributed by atoms with Crippen molar-refractivity contribution in [1.29, 1.82) is 0 Å². The number of carbonyl (C=O) groups is 2. The van der Waals surface area contributed by atoms with Gasteiger partial charge in [-0.15, -0.1) is 0 Å². The highest BCUT2D eigenvalue weighted by Gasteiger charge is 2.44. The molecule has 168 valence electrons. The van der Waals surface area contributed by atoms with Gasteiger partial charge in [0, 0.05) is 23.4 Å². The number of para-hydroxylation sites is 3. The van der Waals surface area contributed by atoms with Gasteiger partial charge in [-0.25, -0.2) is 4.79 Å². The third kappa shape index (κ3) is 3.82. The number of benzene rings is 2. The summed E-state index contributed by atoms with van der Waals surface area (Å²) in [6, 6.07) is 17.9. The van der Waals surface area contributed by atoms with Crippen molar-refractivity contribution in [3.05, 3.63) is 89.5 Å². The highest BCUT2D eigenvalue weighted by molar-refractivity contribution is 6.09. The van der Waals surface area contributed by atoms with Crippen LogP contribution in [0.2, 0.25) is 0 Å². The van der Waals surface area contributed by atoms with Gasteiger partial charge < -0.3 is 15.1 Å². The molecule has 6 heteroatoms. The summed E-state index contributed by atoms with van der Waals surface area (Å²) in [5.74, 6) is 0.575. The minimum atomic E-state index is -0.682. The number of carbonyl (C=O) groups excluding carboxylic acids is 2. The molecule has 0 spiro atoms. The van der Waals surface area contributed by atoms with Crippen LogP contribution in [0.3, 0.4) is 0 Å². The quantitative estimate of drug-likeness (QED) is 0.480. The first-order chi connectivity index (χ1) is 15.8. The van der Waals surface area contributed by atoms with Crippen molar-refractivity contribution >= 4 is 28.9 Å². The molecule has 0 fully saturated rings. The van der Waals surface area contributed by atoms with Crippen LogP contribution in [-0.4, -0.2) is 11.8 Å². The lowest BCUT2D eigenvalue weighted by molar-refractivity contribution is -0.118. The molecule has 1 aliphatic heterocycles. The fourth-order valence-electron chi connectivity index (χ4n) is 4.82. The first-order valence-corrected chi connectivity index (χ1v) is 11.2. The third-order valence-corrected chi connectivity index (χ3v) is 6.32. The molecular weight excluding hydrogens is 414 g/mol. The average molecular weight is 442 g/mol. The maximum Gasteiger partial charge on any atom is 0.327 e. The van der Waals surface area contributed by atoms with Crippen LogP contribution >= 0.6 is 0 Å². The zero-order valence-corrected chi connectivity index (χ0v) is 19.0. The molecule has 6 nitrogen and oxygen atoms in total. The zero-order valence-electron chi connectivity index (χ0n) is 19.0. The van der Waals surface area contributed by atoms with Crippen LogP contribution in [0.1, 0.15) is 44.1 Å². The molecule has 0 saturated heterocycles. The predicted octanol–water partition coefficient (Wildman–Crippen LogP) is 6.44. The molecule has 3 aromatic rings. The highest BCUT2D eigenvalue weighted by Crippen LogP contribution is 2.48. The number of ketones is 1. The number of nitrogens with zero attached hydrogens (tertiary/aromatic N) is 1. The molecular formula is C27H27N3O3. The van der Waals surface area contributed by atoms with Crippen molar-refractivity contribution in [2.45, 2.75) is 39.7 Å². The summed E-state index contributed by atoms with van der Waals surface area (Å²) < 4.78 is 5.81. The molecule has 1 unspecified atom stereocenters. The molecule has 0 radical (unpaired) electrons. The lowest BCUT2D eigenvalue weighted by Crippen LogP contribution is -2.41. The molecule has 5 rings (SSSR count). The number of allylic oxidation sites excluding steroid dienone is 1. The number of amides is 2. The summed E-state index contributed by atoms with van der Waals surface area (Å²) in [4.78, 5) is 29.0. The van der Waals surface area contributed by atoms with Crippen molar-refractivity contribution < 1.29 is 14.0 Å². The van der Waals surface area contributed by atoms with E-state index in [9.17, 15) is 9.59 Å². The number of Topliss-reactive ketones (excluding diaryl/α,β-unsaturated/α-hetero) is 1. The van der Waals surface area contributed by atoms with Crippen LogP contribution < -0.4 is 15.5 Å². The molecule has 1 aliphatic carbocycles. The molecule has 0 bridgehead atoms. The van der Waals surface area contributed by atoms with Crippen molar-refractivity contribution in [2.75, 3.05) is 15.5 Å². The van der Waals surface area contributed by atoms with Crippen molar-refractivity contribution in [1.82, 2.24) is 0 Å². The number of anilines is 3. The number of furan rings is 1. The molecule has 2 N–H and O–H groups in total. The Balaban J connectivity index is 1.70. The lowest BCUT2D eigenvalue weighted by Gasteiger charge is -2.36. The Morgan fingerprint density at radius 1 is 1.06 bits per heavy atom. The first-order valence-electron chi connectivity index (χ1n) is 11.2. The van der Waals surface area contributed by atoms with Gasteiger partial charge in [-0.2, -0.15) is 0 Å². The van der Waals surface area contributed by atoms with E-state index in [2.05, 4.69) is 24.5 Å². The summed E-state index contributed by atoms with van der Waals surface area (Å²) in [7, 11) is 0. The minimum absolute atomic E-state index is 0.0247. The first kappa shape index (κ1) is 21.1. The van der Waals surface area contributed by atoms with Gasteiger partial charge in [0.05, 0.1) is 17.6 Å². The smallest absolute Gasteiger partial charge is 0.327 e. The van der Waals surface area contributed by atoms with Gasteiger partial charge in [0.25, 0.3) is 0 Å². The molecule has 0 saturated carbocycles. The second kappa shape index (κ2) is 7.96. The molecule has 33 heavy (non-hydrogen) atoms. The van der Waals surface area contributed by atoms with Crippen LogP contribution in [0.5, 0.6) is 0 Å². The van der Waals surface area contributed by atoms with E-state index in [4.69, 9.17) is 4.42 Å². The minimum Gasteiger partial charge on any atom is -0.467 e. The van der Waals surface area contributed by atoms with E-state index in [1.807, 2.05) is 61.5 Å². The Labute approximate surface area is 193 Å². The van der Waals surface area contributed by atoms with E-state index in [0.29, 0.717) is 29.9 Å². The van der Waals surface area contributed by atoms with Gasteiger partial charge in [0.1, 0.15) is 11.8 Å². The largest absolute Gasteiger partial charge is 0.467 e. The number of aryl methyl sites for hydroxylation is 1. The Hall–Kier alpha value is -3.80. The number of urea groups is 1. The van der Waals surface area contributed by atoms with Crippen LogP contribution in [0.15, 0.2) is 82.6 Å². The third-order valence-electron chi connectivity index (χ3n) is 6.32. The Bertz CT molecular complexity index is 1260. The maximum atomic E-state index is 13.9. The number of hydrogen-bond donors (Lipinski definition) is 2. The Morgan fingerprint density at radius 2 is 1.82 bits per heavy atom. The number of nitrogens with one attached hydrogen (secondary N) is 2. The van der Waals surface area contributed by atoms with Gasteiger partial charge in [-0.1, -0.05) is 44.2 Å². The summed E-state index contributed by atoms with van der Waals surface area (Å²) in [5, 5.41) is 6.55. The predicted molar refractivity (Wildman–Crippen MR) is 129 cm³/mol. The molecule has 2 aromatic carbocycles. The van der Waals surface area contributed by atoms with Crippen LogP contribution in [0.4, 0.5) is 21.9 Å². The number of rotatable bonds is 2.